The first kappa shape index (κ1) is 13.8. The fraction of sp³-hybridized carbons (Fsp3) is 0.438. The molecule has 3 heterocycles. The first-order chi connectivity index (χ1) is 10.2. The fourth-order valence-electron chi connectivity index (χ4n) is 3.06. The molecule has 2 aromatic rings. The smallest absolute Gasteiger partial charge is 0.318 e. The van der Waals surface area contributed by atoms with E-state index in [1.807, 2.05) is 17.0 Å². The standard InChI is InChI=1S/C16H21N3O2/c1-3-14-15-7-6-12(2)18(15)8-9-19(14)16(20)17-11-13-5-4-10-21-13/h4-7,10,14H,3,8-9,11H2,1-2H3,(H,17,20). The Bertz CT molecular complexity index is 616. The number of hydrogen-bond acceptors (Lipinski definition) is 2. The van der Waals surface area contributed by atoms with Crippen molar-refractivity contribution in [1.29, 1.82) is 0 Å². The molecule has 0 radical (unpaired) electrons. The van der Waals surface area contributed by atoms with Crippen LogP contribution in [0.15, 0.2) is 34.9 Å². The van der Waals surface area contributed by atoms with Gasteiger partial charge in [-0.1, -0.05) is 6.92 Å². The van der Waals surface area contributed by atoms with Gasteiger partial charge in [-0.25, -0.2) is 4.79 Å². The summed E-state index contributed by atoms with van der Waals surface area (Å²) in [6.07, 6.45) is 2.53. The zero-order valence-electron chi connectivity index (χ0n) is 12.5. The Morgan fingerprint density at radius 1 is 1.38 bits per heavy atom. The molecule has 1 N–H and O–H groups in total. The number of nitrogens with zero attached hydrogens (tertiary/aromatic N) is 2. The van der Waals surface area contributed by atoms with Gasteiger partial charge < -0.3 is 19.2 Å². The maximum Gasteiger partial charge on any atom is 0.318 e. The van der Waals surface area contributed by atoms with E-state index in [-0.39, 0.29) is 12.1 Å². The molecule has 0 bridgehead atoms. The summed E-state index contributed by atoms with van der Waals surface area (Å²) in [7, 11) is 0. The molecule has 0 fully saturated rings. The minimum atomic E-state index is -0.0247. The molecule has 1 unspecified atom stereocenters. The molecule has 21 heavy (non-hydrogen) atoms. The molecule has 0 aromatic carbocycles. The van der Waals surface area contributed by atoms with Crippen LogP contribution in [0.3, 0.4) is 0 Å². The molecule has 0 saturated heterocycles. The Morgan fingerprint density at radius 2 is 2.24 bits per heavy atom. The van der Waals surface area contributed by atoms with E-state index in [1.165, 1.54) is 11.4 Å². The second-order valence-corrected chi connectivity index (χ2v) is 5.41. The molecule has 112 valence electrons. The number of rotatable bonds is 3. The quantitative estimate of drug-likeness (QED) is 0.943. The van der Waals surface area contributed by atoms with E-state index in [4.69, 9.17) is 4.42 Å². The number of aryl methyl sites for hydroxylation is 1. The first-order valence-corrected chi connectivity index (χ1v) is 7.43. The van der Waals surface area contributed by atoms with Crippen molar-refractivity contribution < 1.29 is 9.21 Å². The molecule has 2 amide bonds. The van der Waals surface area contributed by atoms with Gasteiger partial charge in [0.25, 0.3) is 0 Å². The van der Waals surface area contributed by atoms with E-state index in [2.05, 4.69) is 35.9 Å². The molecular weight excluding hydrogens is 266 g/mol. The van der Waals surface area contributed by atoms with E-state index < -0.39 is 0 Å². The first-order valence-electron chi connectivity index (χ1n) is 7.43. The Kier molecular flexibility index (Phi) is 3.73. The van der Waals surface area contributed by atoms with Crippen molar-refractivity contribution in [2.75, 3.05) is 6.54 Å². The van der Waals surface area contributed by atoms with Gasteiger partial charge in [-0.15, -0.1) is 0 Å². The van der Waals surface area contributed by atoms with Crippen LogP contribution >= 0.6 is 0 Å². The zero-order valence-corrected chi connectivity index (χ0v) is 12.5. The van der Waals surface area contributed by atoms with Gasteiger partial charge in [-0.05, 0) is 37.6 Å². The fourth-order valence-corrected chi connectivity index (χ4v) is 3.06. The summed E-state index contributed by atoms with van der Waals surface area (Å²) in [4.78, 5) is 14.4. The van der Waals surface area contributed by atoms with E-state index in [9.17, 15) is 4.79 Å². The third-order valence-corrected chi connectivity index (χ3v) is 4.16. The van der Waals surface area contributed by atoms with Gasteiger partial charge in [0.1, 0.15) is 5.76 Å². The molecule has 5 nitrogen and oxygen atoms in total. The van der Waals surface area contributed by atoms with Crippen molar-refractivity contribution in [2.24, 2.45) is 0 Å². The SMILES string of the molecule is CCC1c2ccc(C)n2CCN1C(=O)NCc1ccco1. The minimum absolute atomic E-state index is 0.0247. The summed E-state index contributed by atoms with van der Waals surface area (Å²) in [6.45, 7) is 6.26. The van der Waals surface area contributed by atoms with Crippen molar-refractivity contribution in [3.05, 3.63) is 47.7 Å². The van der Waals surface area contributed by atoms with E-state index in [1.54, 1.807) is 6.26 Å². The number of aromatic nitrogens is 1. The predicted molar refractivity (Wildman–Crippen MR) is 79.9 cm³/mol. The number of carbonyl (C=O) groups excluding carboxylic acids is 1. The molecule has 1 aliphatic rings. The third kappa shape index (κ3) is 2.55. The molecule has 1 atom stereocenters. The second kappa shape index (κ2) is 5.68. The van der Waals surface area contributed by atoms with Crippen LogP contribution in [0.5, 0.6) is 0 Å². The number of carbonyl (C=O) groups is 1. The predicted octanol–water partition coefficient (Wildman–Crippen LogP) is 3.07. The van der Waals surface area contributed by atoms with Gasteiger partial charge in [0, 0.05) is 24.5 Å². The molecular formula is C16H21N3O2. The number of amides is 2. The van der Waals surface area contributed by atoms with Gasteiger partial charge in [0.2, 0.25) is 0 Å². The molecule has 1 aliphatic heterocycles. The summed E-state index contributed by atoms with van der Waals surface area (Å²) in [6, 6.07) is 8.07. The molecule has 2 aromatic heterocycles. The van der Waals surface area contributed by atoms with Crippen LogP contribution in [0.1, 0.15) is 36.5 Å². The van der Waals surface area contributed by atoms with Crippen molar-refractivity contribution in [3.63, 3.8) is 0 Å². The summed E-state index contributed by atoms with van der Waals surface area (Å²) in [5.74, 6) is 0.771. The molecule has 0 saturated carbocycles. The van der Waals surface area contributed by atoms with E-state index in [0.29, 0.717) is 6.54 Å². The lowest BCUT2D eigenvalue weighted by Crippen LogP contribution is -2.46. The van der Waals surface area contributed by atoms with E-state index >= 15 is 0 Å². The average molecular weight is 287 g/mol. The molecule has 5 heteroatoms. The Morgan fingerprint density at radius 3 is 2.95 bits per heavy atom. The highest BCUT2D eigenvalue weighted by Gasteiger charge is 2.30. The Hall–Kier alpha value is -2.17. The number of nitrogens with one attached hydrogen (secondary N) is 1. The minimum Gasteiger partial charge on any atom is -0.467 e. The number of furan rings is 1. The molecule has 0 aliphatic carbocycles. The van der Waals surface area contributed by atoms with Crippen LogP contribution in [-0.2, 0) is 13.1 Å². The van der Waals surface area contributed by atoms with Gasteiger partial charge in [-0.3, -0.25) is 0 Å². The number of urea groups is 1. The van der Waals surface area contributed by atoms with E-state index in [0.717, 1.165) is 25.3 Å². The number of fused-ring (bicyclic) bond motifs is 1. The maximum atomic E-state index is 12.4. The summed E-state index contributed by atoms with van der Waals surface area (Å²) < 4.78 is 7.56. The Labute approximate surface area is 124 Å². The summed E-state index contributed by atoms with van der Waals surface area (Å²) >= 11 is 0. The summed E-state index contributed by atoms with van der Waals surface area (Å²) in [5.41, 5.74) is 2.49. The number of hydrogen-bond donors (Lipinski definition) is 1. The van der Waals surface area contributed by atoms with Crippen LogP contribution in [0.25, 0.3) is 0 Å². The largest absolute Gasteiger partial charge is 0.467 e. The highest BCUT2D eigenvalue weighted by atomic mass is 16.3. The molecule has 3 rings (SSSR count). The highest BCUT2D eigenvalue weighted by molar-refractivity contribution is 5.74. The van der Waals surface area contributed by atoms with Crippen LogP contribution in [-0.4, -0.2) is 22.0 Å². The lowest BCUT2D eigenvalue weighted by atomic mass is 10.1. The zero-order chi connectivity index (χ0) is 14.8. The van der Waals surface area contributed by atoms with Crippen LogP contribution in [0, 0.1) is 6.92 Å². The van der Waals surface area contributed by atoms with Crippen LogP contribution < -0.4 is 5.32 Å². The van der Waals surface area contributed by atoms with Crippen molar-refractivity contribution in [1.82, 2.24) is 14.8 Å². The van der Waals surface area contributed by atoms with Crippen LogP contribution in [0.2, 0.25) is 0 Å². The van der Waals surface area contributed by atoms with Gasteiger partial charge >= 0.3 is 6.03 Å². The molecule has 0 spiro atoms. The monoisotopic (exact) mass is 287 g/mol. The van der Waals surface area contributed by atoms with Crippen molar-refractivity contribution in [3.8, 4) is 0 Å². The average Bonchev–Trinajstić information content (AvgIpc) is 3.14. The highest BCUT2D eigenvalue weighted by Crippen LogP contribution is 2.30. The second-order valence-electron chi connectivity index (χ2n) is 5.41. The lowest BCUT2D eigenvalue weighted by molar-refractivity contribution is 0.152. The van der Waals surface area contributed by atoms with Gasteiger partial charge in [0.15, 0.2) is 0 Å². The van der Waals surface area contributed by atoms with Gasteiger partial charge in [-0.2, -0.15) is 0 Å². The van der Waals surface area contributed by atoms with Crippen LogP contribution in [0.4, 0.5) is 4.79 Å². The normalized spacial score (nSPS) is 17.6. The van der Waals surface area contributed by atoms with Crippen molar-refractivity contribution >= 4 is 6.03 Å². The topological polar surface area (TPSA) is 50.4 Å². The van der Waals surface area contributed by atoms with Crippen molar-refractivity contribution in [2.45, 2.75) is 39.4 Å². The maximum absolute atomic E-state index is 12.4. The Balaban J connectivity index is 1.71. The lowest BCUT2D eigenvalue weighted by Gasteiger charge is -2.37. The van der Waals surface area contributed by atoms with Gasteiger partial charge in [0.05, 0.1) is 18.8 Å². The third-order valence-electron chi connectivity index (χ3n) is 4.16. The summed E-state index contributed by atoms with van der Waals surface area (Å²) in [5, 5.41) is 2.94.